The Morgan fingerprint density at radius 1 is 1.14 bits per heavy atom. The molecule has 0 aliphatic heterocycles. The topological polar surface area (TPSA) is 78.9 Å². The average molecular weight is 293 g/mol. The molecule has 6 heteroatoms. The van der Waals surface area contributed by atoms with Crippen molar-refractivity contribution in [1.82, 2.24) is 15.3 Å². The quantitative estimate of drug-likeness (QED) is 0.650. The summed E-state index contributed by atoms with van der Waals surface area (Å²) in [6, 6.07) is 2.06. The second-order valence-electron chi connectivity index (χ2n) is 5.23. The van der Waals surface area contributed by atoms with E-state index in [0.717, 1.165) is 36.8 Å². The van der Waals surface area contributed by atoms with E-state index in [9.17, 15) is 4.79 Å². The zero-order chi connectivity index (χ0) is 15.7. The van der Waals surface area contributed by atoms with Gasteiger partial charge in [-0.05, 0) is 20.3 Å². The van der Waals surface area contributed by atoms with E-state index in [4.69, 9.17) is 0 Å². The third-order valence-electron chi connectivity index (χ3n) is 2.75. The minimum absolute atomic E-state index is 0.0478. The Bertz CT molecular complexity index is 448. The van der Waals surface area contributed by atoms with Crippen LogP contribution in [-0.4, -0.2) is 35.0 Å². The fourth-order valence-corrected chi connectivity index (χ4v) is 1.79. The molecule has 118 valence electrons. The first-order valence-corrected chi connectivity index (χ1v) is 7.70. The first-order chi connectivity index (χ1) is 10.0. The summed E-state index contributed by atoms with van der Waals surface area (Å²) in [5, 5.41) is 9.32. The predicted molar refractivity (Wildman–Crippen MR) is 86.6 cm³/mol. The fourth-order valence-electron chi connectivity index (χ4n) is 1.79. The molecule has 1 heterocycles. The molecule has 0 aromatic carbocycles. The maximum Gasteiger partial charge on any atom is 0.221 e. The molecule has 0 radical (unpaired) electrons. The van der Waals surface area contributed by atoms with Crippen molar-refractivity contribution in [3.63, 3.8) is 0 Å². The third-order valence-corrected chi connectivity index (χ3v) is 2.75. The molecule has 0 aliphatic carbocycles. The minimum Gasteiger partial charge on any atom is -0.370 e. The van der Waals surface area contributed by atoms with E-state index in [1.165, 1.54) is 0 Å². The molecule has 0 saturated carbocycles. The lowest BCUT2D eigenvalue weighted by Gasteiger charge is -2.11. The average Bonchev–Trinajstić information content (AvgIpc) is 2.44. The van der Waals surface area contributed by atoms with E-state index < -0.39 is 0 Å². The normalized spacial score (nSPS) is 10.5. The molecule has 0 fully saturated rings. The lowest BCUT2D eigenvalue weighted by Crippen LogP contribution is -2.31. The molecular formula is C15H27N5O. The van der Waals surface area contributed by atoms with Gasteiger partial charge in [-0.25, -0.2) is 9.97 Å². The summed E-state index contributed by atoms with van der Waals surface area (Å²) in [4.78, 5) is 20.4. The van der Waals surface area contributed by atoms with E-state index in [0.29, 0.717) is 13.0 Å². The molecule has 1 amide bonds. The molecule has 0 spiro atoms. The van der Waals surface area contributed by atoms with Gasteiger partial charge in [0.15, 0.2) is 0 Å². The first kappa shape index (κ1) is 17.2. The Morgan fingerprint density at radius 2 is 1.76 bits per heavy atom. The summed E-state index contributed by atoms with van der Waals surface area (Å²) in [6.45, 7) is 9.49. The van der Waals surface area contributed by atoms with E-state index in [1.54, 1.807) is 0 Å². The van der Waals surface area contributed by atoms with Crippen LogP contribution in [0, 0.1) is 0 Å². The van der Waals surface area contributed by atoms with Gasteiger partial charge in [-0.2, -0.15) is 0 Å². The van der Waals surface area contributed by atoms with Crippen LogP contribution >= 0.6 is 0 Å². The van der Waals surface area contributed by atoms with Crippen LogP contribution in [0.3, 0.4) is 0 Å². The fraction of sp³-hybridized carbons (Fsp3) is 0.667. The highest BCUT2D eigenvalue weighted by molar-refractivity contribution is 5.76. The van der Waals surface area contributed by atoms with Crippen LogP contribution in [0.25, 0.3) is 0 Å². The van der Waals surface area contributed by atoms with Crippen molar-refractivity contribution in [3.8, 4) is 0 Å². The Kier molecular flexibility index (Phi) is 7.50. The number of aromatic nitrogens is 2. The third kappa shape index (κ3) is 6.92. The van der Waals surface area contributed by atoms with Gasteiger partial charge >= 0.3 is 0 Å². The number of carbonyl (C=O) groups is 1. The summed E-state index contributed by atoms with van der Waals surface area (Å²) in [5.41, 5.74) is 0. The van der Waals surface area contributed by atoms with Gasteiger partial charge in [0.05, 0.1) is 0 Å². The number of amides is 1. The maximum atomic E-state index is 11.6. The van der Waals surface area contributed by atoms with Crippen LogP contribution in [0.5, 0.6) is 0 Å². The van der Waals surface area contributed by atoms with Crippen molar-refractivity contribution in [2.24, 2.45) is 0 Å². The Morgan fingerprint density at radius 3 is 2.29 bits per heavy atom. The molecule has 21 heavy (non-hydrogen) atoms. The van der Waals surface area contributed by atoms with Gasteiger partial charge in [-0.3, -0.25) is 4.79 Å². The summed E-state index contributed by atoms with van der Waals surface area (Å²) in [7, 11) is 0. The molecule has 1 aromatic heterocycles. The van der Waals surface area contributed by atoms with Crippen LogP contribution < -0.4 is 16.0 Å². The van der Waals surface area contributed by atoms with Crippen LogP contribution in [0.1, 0.15) is 46.4 Å². The molecular weight excluding hydrogens is 266 g/mol. The van der Waals surface area contributed by atoms with Crippen molar-refractivity contribution < 1.29 is 4.79 Å². The number of carbonyl (C=O) groups excluding carboxylic acids is 1. The summed E-state index contributed by atoms with van der Waals surface area (Å²) >= 11 is 0. The van der Waals surface area contributed by atoms with E-state index in [1.807, 2.05) is 26.8 Å². The maximum absolute atomic E-state index is 11.6. The summed E-state index contributed by atoms with van der Waals surface area (Å²) in [5.74, 6) is 2.44. The smallest absolute Gasteiger partial charge is 0.221 e. The van der Waals surface area contributed by atoms with Gasteiger partial charge < -0.3 is 16.0 Å². The molecule has 1 rings (SSSR count). The number of nitrogens with one attached hydrogen (secondary N) is 3. The van der Waals surface area contributed by atoms with Crippen molar-refractivity contribution in [2.75, 3.05) is 23.7 Å². The standard InChI is InChI=1S/C15H27N5O/c1-5-8-16-13-10-14(20-12(6-2)19-13)17-9-7-15(21)18-11(3)4/h10-11H,5-9H2,1-4H3,(H,18,21)(H2,16,17,19,20). The second-order valence-corrected chi connectivity index (χ2v) is 5.23. The zero-order valence-corrected chi connectivity index (χ0v) is 13.5. The molecule has 0 atom stereocenters. The number of nitrogens with zero attached hydrogens (tertiary/aromatic N) is 2. The van der Waals surface area contributed by atoms with Crippen molar-refractivity contribution in [2.45, 2.75) is 53.0 Å². The molecule has 6 nitrogen and oxygen atoms in total. The second kappa shape index (κ2) is 9.15. The van der Waals surface area contributed by atoms with Gasteiger partial charge in [-0.15, -0.1) is 0 Å². The molecule has 0 saturated heterocycles. The number of rotatable bonds is 9. The summed E-state index contributed by atoms with van der Waals surface area (Å²) in [6.07, 6.45) is 2.26. The van der Waals surface area contributed by atoms with Crippen LogP contribution in [-0.2, 0) is 11.2 Å². The van der Waals surface area contributed by atoms with E-state index >= 15 is 0 Å². The number of aryl methyl sites for hydroxylation is 1. The van der Waals surface area contributed by atoms with Crippen molar-refractivity contribution >= 4 is 17.5 Å². The summed E-state index contributed by atoms with van der Waals surface area (Å²) < 4.78 is 0. The van der Waals surface area contributed by atoms with Crippen molar-refractivity contribution in [3.05, 3.63) is 11.9 Å². The largest absolute Gasteiger partial charge is 0.370 e. The highest BCUT2D eigenvalue weighted by Gasteiger charge is 2.05. The monoisotopic (exact) mass is 293 g/mol. The predicted octanol–water partition coefficient (Wildman–Crippen LogP) is 2.19. The Balaban J connectivity index is 2.55. The lowest BCUT2D eigenvalue weighted by molar-refractivity contribution is -0.121. The molecule has 0 aliphatic rings. The van der Waals surface area contributed by atoms with Crippen LogP contribution in [0.15, 0.2) is 6.07 Å². The van der Waals surface area contributed by atoms with Gasteiger partial charge in [0.1, 0.15) is 17.5 Å². The number of hydrogen-bond acceptors (Lipinski definition) is 5. The van der Waals surface area contributed by atoms with Gasteiger partial charge in [0.25, 0.3) is 0 Å². The number of anilines is 2. The molecule has 1 aromatic rings. The highest BCUT2D eigenvalue weighted by Crippen LogP contribution is 2.12. The minimum atomic E-state index is 0.0478. The SMILES string of the molecule is CCCNc1cc(NCCC(=O)NC(C)C)nc(CC)n1. The number of hydrogen-bond donors (Lipinski definition) is 3. The van der Waals surface area contributed by atoms with Gasteiger partial charge in [0.2, 0.25) is 5.91 Å². The molecule has 0 unspecified atom stereocenters. The highest BCUT2D eigenvalue weighted by atomic mass is 16.1. The first-order valence-electron chi connectivity index (χ1n) is 7.70. The molecule has 3 N–H and O–H groups in total. The zero-order valence-electron chi connectivity index (χ0n) is 13.5. The Labute approximate surface area is 127 Å². The van der Waals surface area contributed by atoms with Gasteiger partial charge in [-0.1, -0.05) is 13.8 Å². The lowest BCUT2D eigenvalue weighted by atomic mass is 10.3. The van der Waals surface area contributed by atoms with E-state index in [2.05, 4.69) is 32.8 Å². The van der Waals surface area contributed by atoms with Gasteiger partial charge in [0, 0.05) is 38.0 Å². The van der Waals surface area contributed by atoms with Crippen LogP contribution in [0.2, 0.25) is 0 Å². The Hall–Kier alpha value is -1.85. The molecule has 0 bridgehead atoms. The van der Waals surface area contributed by atoms with Crippen LogP contribution in [0.4, 0.5) is 11.6 Å². The van der Waals surface area contributed by atoms with E-state index in [-0.39, 0.29) is 11.9 Å². The van der Waals surface area contributed by atoms with Crippen molar-refractivity contribution in [1.29, 1.82) is 0 Å².